The van der Waals surface area contributed by atoms with E-state index in [1.807, 2.05) is 0 Å². The van der Waals surface area contributed by atoms with Gasteiger partial charge in [-0.2, -0.15) is 0 Å². The van der Waals surface area contributed by atoms with Gasteiger partial charge >= 0.3 is 0 Å². The van der Waals surface area contributed by atoms with Crippen LogP contribution in [0.25, 0.3) is 5.70 Å². The molecule has 6 heteroatoms. The van der Waals surface area contributed by atoms with E-state index >= 15 is 0 Å². The van der Waals surface area contributed by atoms with Gasteiger partial charge < -0.3 is 10.6 Å². The van der Waals surface area contributed by atoms with Gasteiger partial charge in [-0.15, -0.1) is 0 Å². The maximum atomic E-state index is 8.69. The first-order valence-electron chi connectivity index (χ1n) is 10.3. The predicted octanol–water partition coefficient (Wildman–Crippen LogP) is 4.61. The second kappa shape index (κ2) is 8.11. The fourth-order valence-electron chi connectivity index (χ4n) is 4.37. The third-order valence-electron chi connectivity index (χ3n) is 5.38. The lowest BCUT2D eigenvalue weighted by atomic mass is 9.82. The van der Waals surface area contributed by atoms with Crippen molar-refractivity contribution >= 4 is 34.3 Å². The van der Waals surface area contributed by atoms with Gasteiger partial charge in [-0.1, -0.05) is 27.7 Å². The highest BCUT2D eigenvalue weighted by Crippen LogP contribution is 2.42. The zero-order valence-corrected chi connectivity index (χ0v) is 18.6. The standard InChI is InChI=1S/C22H31N5S/c1-7-12-13(8-2)15(10-4)17-16(14(12)9-3)18(26-20(17)23)19-21(24)27-22(28-19)25-11(5)6/h11H,7-10H2,1-6H3,(H2,23,26)(H2,24,25,27). The zero-order chi connectivity index (χ0) is 20.6. The smallest absolute Gasteiger partial charge is 0.168 e. The SMILES string of the molecule is CCc1c(CC)c(CC)c2c(c1CC)C(=N)NC2=C1SC(NC(C)C)=NC1=N. The van der Waals surface area contributed by atoms with Crippen LogP contribution in [0.4, 0.5) is 0 Å². The number of fused-ring (bicyclic) bond motifs is 1. The van der Waals surface area contributed by atoms with Gasteiger partial charge in [-0.05, 0) is 73.5 Å². The normalized spacial score (nSPS) is 18.6. The number of rotatable bonds is 5. The molecule has 0 atom stereocenters. The predicted molar refractivity (Wildman–Crippen MR) is 122 cm³/mol. The molecular weight excluding hydrogens is 366 g/mol. The van der Waals surface area contributed by atoms with Crippen molar-refractivity contribution in [3.05, 3.63) is 38.3 Å². The van der Waals surface area contributed by atoms with Gasteiger partial charge in [0.1, 0.15) is 5.84 Å². The number of hydrogen-bond acceptors (Lipinski definition) is 4. The maximum Gasteiger partial charge on any atom is 0.168 e. The second-order valence-corrected chi connectivity index (χ2v) is 8.45. The van der Waals surface area contributed by atoms with Crippen molar-refractivity contribution in [1.82, 2.24) is 10.6 Å². The molecule has 0 aromatic heterocycles. The van der Waals surface area contributed by atoms with Gasteiger partial charge in [0.2, 0.25) is 0 Å². The van der Waals surface area contributed by atoms with Crippen LogP contribution in [0.5, 0.6) is 0 Å². The number of aliphatic imine (C=N–C) groups is 1. The number of amidine groups is 3. The summed E-state index contributed by atoms with van der Waals surface area (Å²) in [5.74, 6) is 0.731. The molecule has 0 amide bonds. The van der Waals surface area contributed by atoms with Crippen molar-refractivity contribution in [2.45, 2.75) is 73.3 Å². The highest BCUT2D eigenvalue weighted by molar-refractivity contribution is 8.18. The average Bonchev–Trinajstić information content (AvgIpc) is 3.18. The summed E-state index contributed by atoms with van der Waals surface area (Å²) in [7, 11) is 0. The Labute approximate surface area is 172 Å². The molecule has 28 heavy (non-hydrogen) atoms. The molecule has 2 heterocycles. The first-order chi connectivity index (χ1) is 13.4. The number of benzene rings is 1. The fraction of sp³-hybridized carbons (Fsp3) is 0.500. The topological polar surface area (TPSA) is 84.1 Å². The molecule has 0 unspecified atom stereocenters. The van der Waals surface area contributed by atoms with Crippen molar-refractivity contribution in [2.24, 2.45) is 4.99 Å². The Balaban J connectivity index is 2.26. The van der Waals surface area contributed by atoms with Crippen LogP contribution in [-0.4, -0.2) is 22.9 Å². The van der Waals surface area contributed by atoms with Crippen molar-refractivity contribution in [3.8, 4) is 0 Å². The molecule has 1 aromatic carbocycles. The van der Waals surface area contributed by atoms with Crippen LogP contribution in [-0.2, 0) is 25.7 Å². The van der Waals surface area contributed by atoms with Crippen LogP contribution in [0.15, 0.2) is 9.90 Å². The van der Waals surface area contributed by atoms with E-state index in [4.69, 9.17) is 10.8 Å². The van der Waals surface area contributed by atoms with Gasteiger partial charge in [0, 0.05) is 17.2 Å². The molecule has 0 saturated heterocycles. The largest absolute Gasteiger partial charge is 0.362 e. The van der Waals surface area contributed by atoms with E-state index in [1.54, 1.807) is 0 Å². The summed E-state index contributed by atoms with van der Waals surface area (Å²) in [4.78, 5) is 5.23. The number of nitrogens with one attached hydrogen (secondary N) is 4. The van der Waals surface area contributed by atoms with Gasteiger partial charge in [0.25, 0.3) is 0 Å². The van der Waals surface area contributed by atoms with E-state index in [2.05, 4.69) is 57.2 Å². The van der Waals surface area contributed by atoms with E-state index in [0.29, 0.717) is 5.84 Å². The molecule has 3 rings (SSSR count). The van der Waals surface area contributed by atoms with Gasteiger partial charge in [0.05, 0.1) is 10.6 Å². The second-order valence-electron chi connectivity index (χ2n) is 7.45. The molecule has 0 saturated carbocycles. The summed E-state index contributed by atoms with van der Waals surface area (Å²) < 4.78 is 0. The molecule has 0 radical (unpaired) electrons. The van der Waals surface area contributed by atoms with Gasteiger partial charge in [-0.25, -0.2) is 4.99 Å². The third-order valence-corrected chi connectivity index (χ3v) is 6.38. The Morgan fingerprint density at radius 3 is 1.93 bits per heavy atom. The van der Waals surface area contributed by atoms with Crippen LogP contribution in [0.1, 0.15) is 74.9 Å². The van der Waals surface area contributed by atoms with Gasteiger partial charge in [-0.3, -0.25) is 10.8 Å². The first kappa shape index (κ1) is 20.6. The third kappa shape index (κ3) is 3.28. The maximum absolute atomic E-state index is 8.69. The Bertz CT molecular complexity index is 908. The summed E-state index contributed by atoms with van der Waals surface area (Å²) in [6.07, 6.45) is 3.81. The summed E-state index contributed by atoms with van der Waals surface area (Å²) in [6, 6.07) is 0.266. The minimum Gasteiger partial charge on any atom is -0.362 e. The summed E-state index contributed by atoms with van der Waals surface area (Å²) in [5.41, 5.74) is 8.50. The van der Waals surface area contributed by atoms with Crippen LogP contribution >= 0.6 is 11.8 Å². The Kier molecular flexibility index (Phi) is 5.98. The number of nitrogens with zero attached hydrogens (tertiary/aromatic N) is 1. The van der Waals surface area contributed by atoms with E-state index in [0.717, 1.165) is 52.6 Å². The highest BCUT2D eigenvalue weighted by atomic mass is 32.2. The molecule has 4 N–H and O–H groups in total. The molecule has 5 nitrogen and oxygen atoms in total. The van der Waals surface area contributed by atoms with Gasteiger partial charge in [0.15, 0.2) is 11.0 Å². The van der Waals surface area contributed by atoms with Crippen LogP contribution in [0.2, 0.25) is 0 Å². The lowest BCUT2D eigenvalue weighted by Gasteiger charge is -2.21. The van der Waals surface area contributed by atoms with Crippen LogP contribution in [0, 0.1) is 10.8 Å². The van der Waals surface area contributed by atoms with Crippen molar-refractivity contribution in [3.63, 3.8) is 0 Å². The number of hydrogen-bond donors (Lipinski definition) is 4. The lowest BCUT2D eigenvalue weighted by molar-refractivity contribution is 0.741. The molecule has 2 aliphatic rings. The summed E-state index contributed by atoms with van der Waals surface area (Å²) >= 11 is 1.50. The zero-order valence-electron chi connectivity index (χ0n) is 17.8. The van der Waals surface area contributed by atoms with E-state index < -0.39 is 0 Å². The Morgan fingerprint density at radius 1 is 0.893 bits per heavy atom. The lowest BCUT2D eigenvalue weighted by Crippen LogP contribution is -2.26. The summed E-state index contributed by atoms with van der Waals surface area (Å²) in [5, 5.41) is 24.5. The van der Waals surface area contributed by atoms with Crippen molar-refractivity contribution in [1.29, 1.82) is 10.8 Å². The first-order valence-corrected chi connectivity index (χ1v) is 11.1. The van der Waals surface area contributed by atoms with Crippen molar-refractivity contribution < 1.29 is 0 Å². The molecule has 0 spiro atoms. The molecule has 0 bridgehead atoms. The van der Waals surface area contributed by atoms with Crippen LogP contribution in [0.3, 0.4) is 0 Å². The minimum absolute atomic E-state index is 0.266. The Hall–Kier alpha value is -2.08. The van der Waals surface area contributed by atoms with Crippen molar-refractivity contribution in [2.75, 3.05) is 0 Å². The molecular formula is C22H31N5S. The molecule has 0 aliphatic carbocycles. The van der Waals surface area contributed by atoms with E-state index in [1.165, 1.54) is 34.0 Å². The average molecular weight is 398 g/mol. The molecule has 150 valence electrons. The Morgan fingerprint density at radius 2 is 1.43 bits per heavy atom. The van der Waals surface area contributed by atoms with E-state index in [9.17, 15) is 0 Å². The highest BCUT2D eigenvalue weighted by Gasteiger charge is 2.35. The fourth-order valence-corrected chi connectivity index (χ4v) is 5.39. The molecule has 1 aromatic rings. The van der Waals surface area contributed by atoms with E-state index in [-0.39, 0.29) is 11.9 Å². The quantitative estimate of drug-likeness (QED) is 0.585. The number of thioether (sulfide) groups is 1. The molecule has 2 aliphatic heterocycles. The molecule has 0 fully saturated rings. The van der Waals surface area contributed by atoms with Crippen LogP contribution < -0.4 is 10.6 Å². The monoisotopic (exact) mass is 397 g/mol. The minimum atomic E-state index is 0.266. The summed E-state index contributed by atoms with van der Waals surface area (Å²) in [6.45, 7) is 12.9.